The Hall–Kier alpha value is -1.57. The molecule has 0 aliphatic carbocycles. The average Bonchev–Trinajstić information content (AvgIpc) is 2.45. The molecule has 0 bridgehead atoms. The monoisotopic (exact) mass is 147 g/mol. The number of H-pyrrole nitrogens is 1. The summed E-state index contributed by atoms with van der Waals surface area (Å²) in [5.41, 5.74) is 2.27. The van der Waals surface area contributed by atoms with Crippen molar-refractivity contribution in [3.8, 4) is 0 Å². The Bertz CT molecular complexity index is 271. The van der Waals surface area contributed by atoms with Gasteiger partial charge in [0.25, 0.3) is 0 Å². The van der Waals surface area contributed by atoms with Gasteiger partial charge in [-0.3, -0.25) is 4.79 Å². The molecule has 56 valence electrons. The first-order valence-electron chi connectivity index (χ1n) is 3.25. The molecule has 1 rings (SSSR count). The molecule has 0 aliphatic rings. The Morgan fingerprint density at radius 1 is 1.36 bits per heavy atom. The first-order valence-corrected chi connectivity index (χ1v) is 3.25. The van der Waals surface area contributed by atoms with E-state index in [9.17, 15) is 4.79 Å². The van der Waals surface area contributed by atoms with E-state index in [1.54, 1.807) is 18.3 Å². The Labute approximate surface area is 65.2 Å². The van der Waals surface area contributed by atoms with Crippen LogP contribution in [-0.2, 0) is 0 Å². The van der Waals surface area contributed by atoms with Crippen molar-refractivity contribution >= 4 is 18.4 Å². The highest BCUT2D eigenvalue weighted by atomic mass is 16.1. The Kier molecular flexibility index (Phi) is 2.06. The SMILES string of the molecule is C=Cc1c[nH]c(C=O)c1C=C. The number of nitrogens with one attached hydrogen (secondary N) is 1. The summed E-state index contributed by atoms with van der Waals surface area (Å²) in [6, 6.07) is 0. The molecule has 1 heterocycles. The first-order chi connectivity index (χ1) is 5.33. The largest absolute Gasteiger partial charge is 0.358 e. The lowest BCUT2D eigenvalue weighted by Gasteiger charge is -1.89. The van der Waals surface area contributed by atoms with Crippen molar-refractivity contribution in [1.82, 2.24) is 4.98 Å². The van der Waals surface area contributed by atoms with E-state index in [1.165, 1.54) is 0 Å². The van der Waals surface area contributed by atoms with Crippen LogP contribution in [0.2, 0.25) is 0 Å². The third-order valence-electron chi connectivity index (χ3n) is 1.53. The Morgan fingerprint density at radius 3 is 2.55 bits per heavy atom. The van der Waals surface area contributed by atoms with E-state index >= 15 is 0 Å². The molecule has 0 amide bonds. The Morgan fingerprint density at radius 2 is 2.09 bits per heavy atom. The highest BCUT2D eigenvalue weighted by Gasteiger charge is 2.02. The summed E-state index contributed by atoms with van der Waals surface area (Å²) in [5, 5.41) is 0. The van der Waals surface area contributed by atoms with E-state index in [-0.39, 0.29) is 0 Å². The summed E-state index contributed by atoms with van der Waals surface area (Å²) >= 11 is 0. The van der Waals surface area contributed by atoms with E-state index in [0.29, 0.717) is 5.69 Å². The smallest absolute Gasteiger partial charge is 0.166 e. The lowest BCUT2D eigenvalue weighted by molar-refractivity contribution is 0.111. The third kappa shape index (κ3) is 1.15. The standard InChI is InChI=1S/C9H9NO/c1-3-7-5-10-9(6-11)8(7)4-2/h3-6,10H,1-2H2. The molecule has 11 heavy (non-hydrogen) atoms. The van der Waals surface area contributed by atoms with Crippen LogP contribution in [0.1, 0.15) is 21.6 Å². The third-order valence-corrected chi connectivity index (χ3v) is 1.53. The van der Waals surface area contributed by atoms with Gasteiger partial charge in [-0.1, -0.05) is 25.3 Å². The molecule has 0 radical (unpaired) electrons. The highest BCUT2D eigenvalue weighted by molar-refractivity contribution is 5.83. The molecule has 1 aromatic heterocycles. The van der Waals surface area contributed by atoms with Gasteiger partial charge in [-0.2, -0.15) is 0 Å². The lowest BCUT2D eigenvalue weighted by atomic mass is 10.1. The number of hydrogen-bond donors (Lipinski definition) is 1. The minimum Gasteiger partial charge on any atom is -0.358 e. The number of hydrogen-bond acceptors (Lipinski definition) is 1. The number of aromatic nitrogens is 1. The van der Waals surface area contributed by atoms with E-state index in [2.05, 4.69) is 18.1 Å². The highest BCUT2D eigenvalue weighted by Crippen LogP contribution is 2.14. The molecule has 0 saturated heterocycles. The number of rotatable bonds is 3. The zero-order chi connectivity index (χ0) is 8.27. The second-order valence-corrected chi connectivity index (χ2v) is 2.10. The number of carbonyl (C=O) groups excluding carboxylic acids is 1. The molecule has 2 nitrogen and oxygen atoms in total. The fourth-order valence-corrected chi connectivity index (χ4v) is 0.961. The fourth-order valence-electron chi connectivity index (χ4n) is 0.961. The minimum atomic E-state index is 0.551. The molecule has 0 saturated carbocycles. The van der Waals surface area contributed by atoms with Gasteiger partial charge in [0.1, 0.15) is 0 Å². The maximum atomic E-state index is 10.4. The summed E-state index contributed by atoms with van der Waals surface area (Å²) in [7, 11) is 0. The van der Waals surface area contributed by atoms with Crippen LogP contribution < -0.4 is 0 Å². The Balaban J connectivity index is 3.29. The van der Waals surface area contributed by atoms with Crippen LogP contribution >= 0.6 is 0 Å². The number of aromatic amines is 1. The quantitative estimate of drug-likeness (QED) is 0.652. The summed E-state index contributed by atoms with van der Waals surface area (Å²) in [6.07, 6.45) is 5.82. The van der Waals surface area contributed by atoms with Gasteiger partial charge in [-0.15, -0.1) is 0 Å². The summed E-state index contributed by atoms with van der Waals surface area (Å²) in [5.74, 6) is 0. The average molecular weight is 147 g/mol. The second kappa shape index (κ2) is 3.01. The van der Waals surface area contributed by atoms with Gasteiger partial charge < -0.3 is 4.98 Å². The minimum absolute atomic E-state index is 0.551. The van der Waals surface area contributed by atoms with Gasteiger partial charge in [0.05, 0.1) is 5.69 Å². The van der Waals surface area contributed by atoms with Crippen molar-refractivity contribution in [3.05, 3.63) is 36.2 Å². The molecule has 0 spiro atoms. The lowest BCUT2D eigenvalue weighted by Crippen LogP contribution is -1.81. The van der Waals surface area contributed by atoms with Gasteiger partial charge in [-0.25, -0.2) is 0 Å². The molecule has 1 aromatic rings. The van der Waals surface area contributed by atoms with Crippen molar-refractivity contribution in [2.75, 3.05) is 0 Å². The van der Waals surface area contributed by atoms with Crippen LogP contribution in [0, 0.1) is 0 Å². The second-order valence-electron chi connectivity index (χ2n) is 2.10. The van der Waals surface area contributed by atoms with E-state index in [1.807, 2.05) is 0 Å². The molecule has 0 aliphatic heterocycles. The molecular weight excluding hydrogens is 138 g/mol. The van der Waals surface area contributed by atoms with Gasteiger partial charge >= 0.3 is 0 Å². The van der Waals surface area contributed by atoms with Gasteiger partial charge in [0, 0.05) is 11.8 Å². The zero-order valence-electron chi connectivity index (χ0n) is 6.13. The van der Waals surface area contributed by atoms with Gasteiger partial charge in [0.15, 0.2) is 6.29 Å². The molecule has 0 unspecified atom stereocenters. The van der Waals surface area contributed by atoms with Gasteiger partial charge in [-0.05, 0) is 5.56 Å². The first kappa shape index (κ1) is 7.54. The predicted molar refractivity (Wildman–Crippen MR) is 46.4 cm³/mol. The molecule has 2 heteroatoms. The molecule has 0 aromatic carbocycles. The fraction of sp³-hybridized carbons (Fsp3) is 0. The molecular formula is C9H9NO. The van der Waals surface area contributed by atoms with Crippen LogP contribution in [0.3, 0.4) is 0 Å². The summed E-state index contributed by atoms with van der Waals surface area (Å²) < 4.78 is 0. The summed E-state index contributed by atoms with van der Waals surface area (Å²) in [4.78, 5) is 13.2. The van der Waals surface area contributed by atoms with Crippen LogP contribution in [0.25, 0.3) is 12.2 Å². The van der Waals surface area contributed by atoms with Crippen molar-refractivity contribution in [2.45, 2.75) is 0 Å². The van der Waals surface area contributed by atoms with Crippen molar-refractivity contribution in [3.63, 3.8) is 0 Å². The van der Waals surface area contributed by atoms with Crippen molar-refractivity contribution in [2.24, 2.45) is 0 Å². The molecule has 1 N–H and O–H groups in total. The predicted octanol–water partition coefficient (Wildman–Crippen LogP) is 2.11. The zero-order valence-corrected chi connectivity index (χ0v) is 6.13. The topological polar surface area (TPSA) is 32.9 Å². The van der Waals surface area contributed by atoms with Crippen LogP contribution in [-0.4, -0.2) is 11.3 Å². The maximum absolute atomic E-state index is 10.4. The molecule has 0 fully saturated rings. The normalized spacial score (nSPS) is 9.09. The van der Waals surface area contributed by atoms with Crippen molar-refractivity contribution in [1.29, 1.82) is 0 Å². The number of carbonyl (C=O) groups is 1. The van der Waals surface area contributed by atoms with Crippen molar-refractivity contribution < 1.29 is 4.79 Å². The van der Waals surface area contributed by atoms with E-state index in [0.717, 1.165) is 17.4 Å². The maximum Gasteiger partial charge on any atom is 0.166 e. The van der Waals surface area contributed by atoms with E-state index < -0.39 is 0 Å². The van der Waals surface area contributed by atoms with E-state index in [4.69, 9.17) is 0 Å². The summed E-state index contributed by atoms with van der Waals surface area (Å²) in [6.45, 7) is 7.20. The molecule has 0 atom stereocenters. The van der Waals surface area contributed by atoms with Crippen LogP contribution in [0.15, 0.2) is 19.4 Å². The number of aldehydes is 1. The van der Waals surface area contributed by atoms with Crippen LogP contribution in [0.4, 0.5) is 0 Å². The van der Waals surface area contributed by atoms with Crippen LogP contribution in [0.5, 0.6) is 0 Å². The van der Waals surface area contributed by atoms with Gasteiger partial charge in [0.2, 0.25) is 0 Å².